The van der Waals surface area contributed by atoms with Crippen LogP contribution in [0.1, 0.15) is 22.8 Å². The van der Waals surface area contributed by atoms with Crippen molar-refractivity contribution in [1.82, 2.24) is 0 Å². The minimum absolute atomic E-state index is 0.0702. The Balaban J connectivity index is 1.84. The van der Waals surface area contributed by atoms with Crippen LogP contribution in [0.4, 0.5) is 11.4 Å². The predicted molar refractivity (Wildman–Crippen MR) is 105 cm³/mol. The number of hydrogen-bond donors (Lipinski definition) is 0. The van der Waals surface area contributed by atoms with Crippen LogP contribution in [-0.4, -0.2) is 10.6 Å². The lowest BCUT2D eigenvalue weighted by molar-refractivity contribution is -0.385. The Labute approximate surface area is 155 Å². The van der Waals surface area contributed by atoms with Gasteiger partial charge in [0.15, 0.2) is 0 Å². The zero-order valence-electron chi connectivity index (χ0n) is 13.9. The molecule has 0 saturated heterocycles. The lowest BCUT2D eigenvalue weighted by Crippen LogP contribution is -2.07. The summed E-state index contributed by atoms with van der Waals surface area (Å²) in [5, 5.41) is 11.4. The van der Waals surface area contributed by atoms with E-state index in [1.807, 2.05) is 66.7 Å². The van der Waals surface area contributed by atoms with E-state index in [1.54, 1.807) is 23.9 Å². The molecule has 26 heavy (non-hydrogen) atoms. The SMILES string of the molecule is O=[N+]([O-])c1ccccc1C1CC(c2ccccc2)=Nc2ccccc2S1. The van der Waals surface area contributed by atoms with Crippen molar-refractivity contribution in [3.63, 3.8) is 0 Å². The number of benzene rings is 3. The highest BCUT2D eigenvalue weighted by atomic mass is 32.2. The third-order valence-corrected chi connectivity index (χ3v) is 5.66. The first-order chi connectivity index (χ1) is 12.7. The fourth-order valence-corrected chi connectivity index (χ4v) is 4.39. The number of nitrogens with zero attached hydrogens (tertiary/aromatic N) is 2. The van der Waals surface area contributed by atoms with Gasteiger partial charge in [-0.2, -0.15) is 0 Å². The summed E-state index contributed by atoms with van der Waals surface area (Å²) in [5.74, 6) is 0. The van der Waals surface area contributed by atoms with Gasteiger partial charge in [-0.15, -0.1) is 11.8 Å². The molecule has 3 aromatic rings. The van der Waals surface area contributed by atoms with Crippen LogP contribution in [0.3, 0.4) is 0 Å². The van der Waals surface area contributed by atoms with Crippen molar-refractivity contribution in [3.8, 4) is 0 Å². The lowest BCUT2D eigenvalue weighted by Gasteiger charge is -2.16. The molecule has 1 atom stereocenters. The van der Waals surface area contributed by atoms with Crippen molar-refractivity contribution in [2.24, 2.45) is 4.99 Å². The van der Waals surface area contributed by atoms with E-state index >= 15 is 0 Å². The quantitative estimate of drug-likeness (QED) is 0.428. The van der Waals surface area contributed by atoms with Gasteiger partial charge in [-0.05, 0) is 17.7 Å². The van der Waals surface area contributed by atoms with Gasteiger partial charge in [0.2, 0.25) is 0 Å². The summed E-state index contributed by atoms with van der Waals surface area (Å²) >= 11 is 1.64. The first-order valence-electron chi connectivity index (χ1n) is 8.34. The van der Waals surface area contributed by atoms with Crippen LogP contribution in [0.15, 0.2) is 88.8 Å². The average molecular weight is 360 g/mol. The third kappa shape index (κ3) is 3.26. The number of fused-ring (bicyclic) bond motifs is 1. The van der Waals surface area contributed by atoms with Crippen LogP contribution in [0.5, 0.6) is 0 Å². The molecule has 4 nitrogen and oxygen atoms in total. The van der Waals surface area contributed by atoms with E-state index in [-0.39, 0.29) is 15.9 Å². The van der Waals surface area contributed by atoms with Crippen LogP contribution in [0, 0.1) is 10.1 Å². The Hall–Kier alpha value is -2.92. The van der Waals surface area contributed by atoms with Gasteiger partial charge in [-0.3, -0.25) is 15.1 Å². The van der Waals surface area contributed by atoms with Crippen molar-refractivity contribution in [1.29, 1.82) is 0 Å². The molecule has 0 bridgehead atoms. The van der Waals surface area contributed by atoms with Crippen LogP contribution >= 0.6 is 11.8 Å². The number of rotatable bonds is 3. The molecule has 0 fully saturated rings. The summed E-state index contributed by atoms with van der Waals surface area (Å²) < 4.78 is 0. The minimum atomic E-state index is -0.300. The number of nitro groups is 1. The van der Waals surface area contributed by atoms with E-state index in [0.717, 1.165) is 27.4 Å². The van der Waals surface area contributed by atoms with Crippen LogP contribution in [0.25, 0.3) is 0 Å². The topological polar surface area (TPSA) is 55.5 Å². The van der Waals surface area contributed by atoms with Crippen molar-refractivity contribution >= 4 is 28.8 Å². The smallest absolute Gasteiger partial charge is 0.258 e. The highest BCUT2D eigenvalue weighted by Gasteiger charge is 2.27. The van der Waals surface area contributed by atoms with E-state index < -0.39 is 0 Å². The van der Waals surface area contributed by atoms with Gasteiger partial charge >= 0.3 is 0 Å². The van der Waals surface area contributed by atoms with Gasteiger partial charge in [0.25, 0.3) is 5.69 Å². The van der Waals surface area contributed by atoms with Crippen LogP contribution in [-0.2, 0) is 0 Å². The number of para-hydroxylation sites is 2. The Morgan fingerprint density at radius 3 is 2.42 bits per heavy atom. The molecular formula is C21H16N2O2S. The highest BCUT2D eigenvalue weighted by molar-refractivity contribution is 7.99. The van der Waals surface area contributed by atoms with Gasteiger partial charge < -0.3 is 0 Å². The summed E-state index contributed by atoms with van der Waals surface area (Å²) in [6.45, 7) is 0. The van der Waals surface area contributed by atoms with E-state index in [2.05, 4.69) is 0 Å². The molecule has 4 rings (SSSR count). The fraction of sp³-hybridized carbons (Fsp3) is 0.0952. The van der Waals surface area contributed by atoms with Crippen molar-refractivity contribution in [2.75, 3.05) is 0 Å². The van der Waals surface area contributed by atoms with Gasteiger partial charge in [-0.1, -0.05) is 60.7 Å². The maximum absolute atomic E-state index is 11.5. The summed E-state index contributed by atoms with van der Waals surface area (Å²) in [5.41, 5.74) is 3.82. The molecule has 0 spiro atoms. The lowest BCUT2D eigenvalue weighted by atomic mass is 10.00. The zero-order valence-corrected chi connectivity index (χ0v) is 14.7. The first-order valence-corrected chi connectivity index (χ1v) is 9.22. The second-order valence-corrected chi connectivity index (χ2v) is 7.26. The summed E-state index contributed by atoms with van der Waals surface area (Å²) in [7, 11) is 0. The number of thioether (sulfide) groups is 1. The molecule has 3 aromatic carbocycles. The van der Waals surface area contributed by atoms with E-state index in [4.69, 9.17) is 4.99 Å². The Kier molecular flexibility index (Phi) is 4.54. The number of aliphatic imine (C=N–C) groups is 1. The molecule has 5 heteroatoms. The largest absolute Gasteiger partial charge is 0.273 e. The van der Waals surface area contributed by atoms with Crippen LogP contribution in [0.2, 0.25) is 0 Å². The molecule has 1 heterocycles. The molecule has 0 N–H and O–H groups in total. The normalized spacial score (nSPS) is 16.3. The van der Waals surface area contributed by atoms with E-state index in [0.29, 0.717) is 6.42 Å². The second-order valence-electron chi connectivity index (χ2n) is 6.02. The minimum Gasteiger partial charge on any atom is -0.258 e. The Morgan fingerprint density at radius 1 is 0.923 bits per heavy atom. The number of hydrogen-bond acceptors (Lipinski definition) is 4. The van der Waals surface area contributed by atoms with E-state index in [9.17, 15) is 10.1 Å². The first kappa shape index (κ1) is 16.5. The van der Waals surface area contributed by atoms with Gasteiger partial charge in [0, 0.05) is 33.9 Å². The molecule has 0 aromatic heterocycles. The molecule has 1 aliphatic rings. The maximum Gasteiger partial charge on any atom is 0.273 e. The monoisotopic (exact) mass is 360 g/mol. The average Bonchev–Trinajstić information content (AvgIpc) is 2.88. The van der Waals surface area contributed by atoms with Gasteiger partial charge in [0.05, 0.1) is 10.6 Å². The van der Waals surface area contributed by atoms with Crippen molar-refractivity contribution in [3.05, 3.63) is 100 Å². The molecule has 0 amide bonds. The Bertz CT molecular complexity index is 986. The molecule has 0 aliphatic carbocycles. The molecule has 1 aliphatic heterocycles. The molecule has 128 valence electrons. The van der Waals surface area contributed by atoms with Crippen LogP contribution < -0.4 is 0 Å². The fourth-order valence-electron chi connectivity index (χ4n) is 3.12. The predicted octanol–water partition coefficient (Wildman–Crippen LogP) is 5.95. The number of nitro benzene ring substituents is 1. The zero-order chi connectivity index (χ0) is 17.9. The molecule has 1 unspecified atom stereocenters. The molecule has 0 saturated carbocycles. The van der Waals surface area contributed by atoms with E-state index in [1.165, 1.54) is 0 Å². The summed E-state index contributed by atoms with van der Waals surface area (Å²) in [6, 6.07) is 25.0. The van der Waals surface area contributed by atoms with Gasteiger partial charge in [0.1, 0.15) is 0 Å². The molecule has 0 radical (unpaired) electrons. The molecular weight excluding hydrogens is 344 g/mol. The van der Waals surface area contributed by atoms with Crippen molar-refractivity contribution in [2.45, 2.75) is 16.6 Å². The summed E-state index contributed by atoms with van der Waals surface area (Å²) in [6.07, 6.45) is 0.633. The second kappa shape index (κ2) is 7.14. The van der Waals surface area contributed by atoms with Gasteiger partial charge in [-0.25, -0.2) is 0 Å². The Morgan fingerprint density at radius 2 is 1.62 bits per heavy atom. The maximum atomic E-state index is 11.5. The standard InChI is InChI=1S/C21H16N2O2S/c24-23(25)19-12-6-4-10-16(19)21-14-18(15-8-2-1-3-9-15)22-17-11-5-7-13-20(17)26-21/h1-13,21H,14H2. The van der Waals surface area contributed by atoms with Crippen molar-refractivity contribution < 1.29 is 4.92 Å². The summed E-state index contributed by atoms with van der Waals surface area (Å²) in [4.78, 5) is 17.1. The highest BCUT2D eigenvalue weighted by Crippen LogP contribution is 2.47. The third-order valence-electron chi connectivity index (χ3n) is 4.36.